The highest BCUT2D eigenvalue weighted by atomic mass is 35.5. The van der Waals surface area contributed by atoms with Crippen LogP contribution in [-0.4, -0.2) is 13.1 Å². The molecule has 0 aromatic heterocycles. The van der Waals surface area contributed by atoms with Crippen molar-refractivity contribution in [2.24, 2.45) is 17.3 Å². The van der Waals surface area contributed by atoms with Gasteiger partial charge in [-0.2, -0.15) is 5.26 Å². The lowest BCUT2D eigenvalue weighted by atomic mass is 10.0. The number of rotatable bonds is 8. The Morgan fingerprint density at radius 3 is 2.60 bits per heavy atom. The number of esters is 1. The van der Waals surface area contributed by atoms with Crippen LogP contribution in [0.1, 0.15) is 44.8 Å². The maximum absolute atomic E-state index is 12.3. The Balaban J connectivity index is 1.56. The van der Waals surface area contributed by atoms with Gasteiger partial charge in [0.2, 0.25) is 6.10 Å². The number of allylic oxidation sites excluding steroid dienone is 1. The predicted molar refractivity (Wildman–Crippen MR) is 119 cm³/mol. The van der Waals surface area contributed by atoms with Crippen LogP contribution in [-0.2, 0) is 9.53 Å². The van der Waals surface area contributed by atoms with E-state index in [4.69, 9.17) is 32.7 Å². The van der Waals surface area contributed by atoms with Gasteiger partial charge in [-0.1, -0.05) is 61.3 Å². The van der Waals surface area contributed by atoms with Crippen molar-refractivity contribution in [3.05, 3.63) is 52.5 Å². The zero-order chi connectivity index (χ0) is 21.9. The van der Waals surface area contributed by atoms with E-state index in [-0.39, 0.29) is 17.8 Å². The molecule has 0 bridgehead atoms. The Labute approximate surface area is 187 Å². The van der Waals surface area contributed by atoms with Crippen LogP contribution in [0.25, 0.3) is 10.8 Å². The van der Waals surface area contributed by atoms with Gasteiger partial charge in [-0.25, -0.2) is 0 Å². The fourth-order valence-electron chi connectivity index (χ4n) is 4.16. The van der Waals surface area contributed by atoms with Gasteiger partial charge in [-0.15, -0.1) is 0 Å². The molecule has 3 rings (SSSR count). The summed E-state index contributed by atoms with van der Waals surface area (Å²) in [5.41, 5.74) is 0.802. The molecule has 0 N–H and O–H groups in total. The third-order valence-electron chi connectivity index (χ3n) is 6.08. The van der Waals surface area contributed by atoms with Crippen molar-refractivity contribution in [2.75, 3.05) is 7.11 Å². The Hall–Kier alpha value is -2.22. The van der Waals surface area contributed by atoms with Crippen molar-refractivity contribution in [2.45, 2.75) is 39.2 Å². The van der Waals surface area contributed by atoms with Crippen LogP contribution < -0.4 is 4.74 Å². The third-order valence-corrected chi connectivity index (χ3v) is 6.33. The molecule has 0 saturated heterocycles. The van der Waals surface area contributed by atoms with Gasteiger partial charge >= 0.3 is 5.97 Å². The van der Waals surface area contributed by atoms with Gasteiger partial charge in [0.25, 0.3) is 0 Å². The number of ether oxygens (including phenoxy) is 2. The molecule has 1 saturated carbocycles. The SMILES string of the molecule is COc1ccc2cc([C@H](C#N)OC(=O)CCCC3C(C=C(Cl)Cl)C3(C)C)ccc2c1. The molecular formula is C24H25Cl2NO3. The molecule has 0 heterocycles. The molecule has 3 atom stereocenters. The average molecular weight is 446 g/mol. The summed E-state index contributed by atoms with van der Waals surface area (Å²) in [6, 6.07) is 13.4. The molecule has 2 unspecified atom stereocenters. The average Bonchev–Trinajstić information content (AvgIpc) is 3.22. The maximum Gasteiger partial charge on any atom is 0.307 e. The van der Waals surface area contributed by atoms with Crippen molar-refractivity contribution in [3.63, 3.8) is 0 Å². The van der Waals surface area contributed by atoms with Crippen LogP contribution in [0.2, 0.25) is 0 Å². The smallest absolute Gasteiger partial charge is 0.307 e. The molecule has 1 aliphatic carbocycles. The van der Waals surface area contributed by atoms with Crippen molar-refractivity contribution in [3.8, 4) is 11.8 Å². The quantitative estimate of drug-likeness (QED) is 0.423. The largest absolute Gasteiger partial charge is 0.497 e. The number of fused-ring (bicyclic) bond motifs is 1. The molecule has 0 spiro atoms. The van der Waals surface area contributed by atoms with Crippen LogP contribution in [0.4, 0.5) is 0 Å². The number of methoxy groups -OCH3 is 1. The van der Waals surface area contributed by atoms with E-state index < -0.39 is 6.10 Å². The fourth-order valence-corrected chi connectivity index (χ4v) is 4.43. The zero-order valence-corrected chi connectivity index (χ0v) is 18.8. The normalized spacial score (nSPS) is 20.1. The molecule has 158 valence electrons. The van der Waals surface area contributed by atoms with Crippen LogP contribution in [0, 0.1) is 28.6 Å². The first-order valence-electron chi connectivity index (χ1n) is 9.96. The summed E-state index contributed by atoms with van der Waals surface area (Å²) in [7, 11) is 1.62. The van der Waals surface area contributed by atoms with Crippen molar-refractivity contribution >= 4 is 39.9 Å². The molecular weight excluding hydrogens is 421 g/mol. The monoisotopic (exact) mass is 445 g/mol. The molecule has 1 fully saturated rings. The van der Waals surface area contributed by atoms with Crippen molar-refractivity contribution in [1.29, 1.82) is 5.26 Å². The van der Waals surface area contributed by atoms with Gasteiger partial charge < -0.3 is 9.47 Å². The molecule has 2 aromatic carbocycles. The maximum atomic E-state index is 12.3. The van der Waals surface area contributed by atoms with E-state index >= 15 is 0 Å². The van der Waals surface area contributed by atoms with Gasteiger partial charge in [-0.05, 0) is 59.1 Å². The van der Waals surface area contributed by atoms with Crippen LogP contribution >= 0.6 is 23.2 Å². The number of benzene rings is 2. The lowest BCUT2D eigenvalue weighted by Gasteiger charge is -2.12. The summed E-state index contributed by atoms with van der Waals surface area (Å²) in [6.07, 6.45) is 2.83. The highest BCUT2D eigenvalue weighted by Crippen LogP contribution is 2.61. The predicted octanol–water partition coefficient (Wildman–Crippen LogP) is 6.72. The van der Waals surface area contributed by atoms with E-state index in [1.54, 1.807) is 7.11 Å². The van der Waals surface area contributed by atoms with E-state index in [2.05, 4.69) is 19.9 Å². The molecule has 0 aliphatic heterocycles. The van der Waals surface area contributed by atoms with E-state index in [9.17, 15) is 10.1 Å². The molecule has 1 aliphatic rings. The van der Waals surface area contributed by atoms with E-state index in [1.165, 1.54) is 0 Å². The van der Waals surface area contributed by atoms with Crippen LogP contribution in [0.15, 0.2) is 47.0 Å². The highest BCUT2D eigenvalue weighted by molar-refractivity contribution is 6.55. The van der Waals surface area contributed by atoms with Gasteiger partial charge in [-0.3, -0.25) is 4.79 Å². The number of hydrogen-bond donors (Lipinski definition) is 0. The second-order valence-electron chi connectivity index (χ2n) is 8.27. The second kappa shape index (κ2) is 9.29. The summed E-state index contributed by atoms with van der Waals surface area (Å²) in [4.78, 5) is 12.3. The number of nitrogens with zero attached hydrogens (tertiary/aromatic N) is 1. The summed E-state index contributed by atoms with van der Waals surface area (Å²) >= 11 is 11.6. The minimum Gasteiger partial charge on any atom is -0.497 e. The minimum atomic E-state index is -0.924. The molecule has 2 aromatic rings. The van der Waals surface area contributed by atoms with Gasteiger partial charge in [0, 0.05) is 12.0 Å². The first kappa shape index (κ1) is 22.5. The van der Waals surface area contributed by atoms with Gasteiger partial charge in [0.1, 0.15) is 16.3 Å². The van der Waals surface area contributed by atoms with Crippen molar-refractivity contribution in [1.82, 2.24) is 0 Å². The zero-order valence-electron chi connectivity index (χ0n) is 17.3. The van der Waals surface area contributed by atoms with Crippen molar-refractivity contribution < 1.29 is 14.3 Å². The topological polar surface area (TPSA) is 59.3 Å². The fraction of sp³-hybridized carbons (Fsp3) is 0.417. The minimum absolute atomic E-state index is 0.141. The Morgan fingerprint density at radius 1 is 1.23 bits per heavy atom. The molecule has 0 amide bonds. The first-order chi connectivity index (χ1) is 14.3. The van der Waals surface area contributed by atoms with E-state index in [1.807, 2.05) is 42.5 Å². The summed E-state index contributed by atoms with van der Waals surface area (Å²) in [5, 5.41) is 11.5. The molecule has 6 heteroatoms. The Morgan fingerprint density at radius 2 is 1.93 bits per heavy atom. The van der Waals surface area contributed by atoms with Gasteiger partial charge in [0.15, 0.2) is 0 Å². The number of nitriles is 1. The molecule has 0 radical (unpaired) electrons. The standard InChI is InChI=1S/C24H25Cl2NO3/c1-24(2)19(20(24)13-22(25)26)5-4-6-23(28)30-21(14-27)17-8-7-16-12-18(29-3)10-9-15(16)11-17/h7-13,19-21H,4-6H2,1-3H3/t19?,20?,21-/m0/s1. The third kappa shape index (κ3) is 5.09. The number of halogens is 2. The first-order valence-corrected chi connectivity index (χ1v) is 10.7. The highest BCUT2D eigenvalue weighted by Gasteiger charge is 2.55. The number of hydrogen-bond acceptors (Lipinski definition) is 4. The van der Waals surface area contributed by atoms with Crippen LogP contribution in [0.3, 0.4) is 0 Å². The number of carbonyl (C=O) groups excluding carboxylic acids is 1. The van der Waals surface area contributed by atoms with E-state index in [0.717, 1.165) is 22.9 Å². The summed E-state index contributed by atoms with van der Waals surface area (Å²) < 4.78 is 11.0. The lowest BCUT2D eigenvalue weighted by Crippen LogP contribution is -2.10. The summed E-state index contributed by atoms with van der Waals surface area (Å²) in [5.74, 6) is 1.18. The Bertz CT molecular complexity index is 1010. The Kier molecular flexibility index (Phi) is 6.95. The van der Waals surface area contributed by atoms with Crippen LogP contribution in [0.5, 0.6) is 5.75 Å². The van der Waals surface area contributed by atoms with E-state index in [0.29, 0.717) is 28.3 Å². The molecule has 30 heavy (non-hydrogen) atoms. The second-order valence-corrected chi connectivity index (χ2v) is 9.28. The number of carbonyl (C=O) groups is 1. The molecule has 4 nitrogen and oxygen atoms in total. The summed E-state index contributed by atoms with van der Waals surface area (Å²) in [6.45, 7) is 4.35. The van der Waals surface area contributed by atoms with Gasteiger partial charge in [0.05, 0.1) is 7.11 Å². The lowest BCUT2D eigenvalue weighted by molar-refractivity contribution is -0.147.